The van der Waals surface area contributed by atoms with Crippen LogP contribution in [0.5, 0.6) is 0 Å². The zero-order valence-electron chi connectivity index (χ0n) is 13.5. The van der Waals surface area contributed by atoms with E-state index >= 15 is 0 Å². The molecule has 0 aromatic heterocycles. The highest BCUT2D eigenvalue weighted by Gasteiger charge is 2.16. The lowest BCUT2D eigenvalue weighted by Crippen LogP contribution is -2.33. The van der Waals surface area contributed by atoms with Crippen molar-refractivity contribution < 1.29 is 22.4 Å². The molecule has 0 fully saturated rings. The Bertz CT molecular complexity index is 904. The highest BCUT2D eigenvalue weighted by Crippen LogP contribution is 2.19. The first kappa shape index (κ1) is 19.9. The molecule has 0 radical (unpaired) electrons. The Labute approximate surface area is 155 Å². The molecule has 0 aliphatic heterocycles. The standard InChI is InChI=1S/C17H16ClFN2O4S/c18-14-10-12(6-7-15(14)19)21-17(23)11-20-16(22)8-9-26(24,25)13-4-2-1-3-5-13/h1-7,10H,8-9,11H2,(H,20,22)(H,21,23). The molecule has 9 heteroatoms. The van der Waals surface area contributed by atoms with E-state index in [-0.39, 0.29) is 34.3 Å². The lowest BCUT2D eigenvalue weighted by atomic mass is 10.3. The van der Waals surface area contributed by atoms with Crippen LogP contribution in [0.4, 0.5) is 10.1 Å². The van der Waals surface area contributed by atoms with E-state index in [9.17, 15) is 22.4 Å². The number of anilines is 1. The molecule has 0 bridgehead atoms. The second kappa shape index (κ2) is 8.77. The molecule has 0 spiro atoms. The molecule has 0 aliphatic rings. The van der Waals surface area contributed by atoms with Crippen LogP contribution in [0, 0.1) is 5.82 Å². The number of amides is 2. The summed E-state index contributed by atoms with van der Waals surface area (Å²) in [7, 11) is -3.56. The molecule has 0 aliphatic carbocycles. The van der Waals surface area contributed by atoms with Crippen molar-refractivity contribution in [2.45, 2.75) is 11.3 Å². The van der Waals surface area contributed by atoms with Crippen molar-refractivity contribution >= 4 is 38.9 Å². The molecule has 2 amide bonds. The van der Waals surface area contributed by atoms with Crippen molar-refractivity contribution in [2.75, 3.05) is 17.6 Å². The summed E-state index contributed by atoms with van der Waals surface area (Å²) in [5.74, 6) is -2.10. The Morgan fingerprint density at radius 2 is 1.73 bits per heavy atom. The first-order chi connectivity index (χ1) is 12.3. The first-order valence-corrected chi connectivity index (χ1v) is 9.60. The molecule has 2 N–H and O–H groups in total. The molecule has 0 saturated carbocycles. The maximum atomic E-state index is 13.0. The van der Waals surface area contributed by atoms with E-state index in [1.54, 1.807) is 18.2 Å². The minimum Gasteiger partial charge on any atom is -0.347 e. The third kappa shape index (κ3) is 5.82. The molecule has 0 heterocycles. The monoisotopic (exact) mass is 398 g/mol. The summed E-state index contributed by atoms with van der Waals surface area (Å²) >= 11 is 5.61. The molecule has 0 saturated heterocycles. The van der Waals surface area contributed by atoms with E-state index < -0.39 is 27.5 Å². The second-order valence-corrected chi connectivity index (χ2v) is 7.85. The number of sulfone groups is 1. The molecular formula is C17H16ClFN2O4S. The molecule has 2 aromatic rings. The highest BCUT2D eigenvalue weighted by molar-refractivity contribution is 7.91. The average Bonchev–Trinajstić information content (AvgIpc) is 2.62. The van der Waals surface area contributed by atoms with Crippen LogP contribution in [0.25, 0.3) is 0 Å². The smallest absolute Gasteiger partial charge is 0.243 e. The van der Waals surface area contributed by atoms with Crippen molar-refractivity contribution in [1.82, 2.24) is 5.32 Å². The fourth-order valence-corrected chi connectivity index (χ4v) is 3.46. The average molecular weight is 399 g/mol. The summed E-state index contributed by atoms with van der Waals surface area (Å²) in [4.78, 5) is 23.6. The lowest BCUT2D eigenvalue weighted by molar-refractivity contribution is -0.123. The Morgan fingerprint density at radius 3 is 2.38 bits per heavy atom. The fraction of sp³-hybridized carbons (Fsp3) is 0.176. The molecule has 2 aromatic carbocycles. The minimum absolute atomic E-state index is 0.138. The van der Waals surface area contributed by atoms with E-state index in [2.05, 4.69) is 10.6 Å². The van der Waals surface area contributed by atoms with Gasteiger partial charge in [-0.1, -0.05) is 29.8 Å². The number of carbonyl (C=O) groups excluding carboxylic acids is 2. The fourth-order valence-electron chi connectivity index (χ4n) is 2.02. The molecule has 6 nitrogen and oxygen atoms in total. The Balaban J connectivity index is 1.79. The Morgan fingerprint density at radius 1 is 1.04 bits per heavy atom. The number of benzene rings is 2. The summed E-state index contributed by atoms with van der Waals surface area (Å²) in [6.07, 6.45) is -0.271. The predicted molar refractivity (Wildman–Crippen MR) is 96.2 cm³/mol. The van der Waals surface area contributed by atoms with Crippen LogP contribution in [-0.4, -0.2) is 32.5 Å². The van der Waals surface area contributed by atoms with Crippen LogP contribution in [-0.2, 0) is 19.4 Å². The Hall–Kier alpha value is -2.45. The van der Waals surface area contributed by atoms with Crippen LogP contribution < -0.4 is 10.6 Å². The van der Waals surface area contributed by atoms with E-state index in [0.717, 1.165) is 6.07 Å². The Kier molecular flexibility index (Phi) is 6.70. The highest BCUT2D eigenvalue weighted by atomic mass is 35.5. The number of hydrogen-bond donors (Lipinski definition) is 2. The van der Waals surface area contributed by atoms with Gasteiger partial charge in [0.05, 0.1) is 22.2 Å². The van der Waals surface area contributed by atoms with Crippen molar-refractivity contribution in [3.63, 3.8) is 0 Å². The van der Waals surface area contributed by atoms with Gasteiger partial charge in [-0.05, 0) is 30.3 Å². The van der Waals surface area contributed by atoms with Gasteiger partial charge >= 0.3 is 0 Å². The third-order valence-electron chi connectivity index (χ3n) is 3.35. The van der Waals surface area contributed by atoms with E-state index in [4.69, 9.17) is 11.6 Å². The summed E-state index contributed by atoms with van der Waals surface area (Å²) in [6, 6.07) is 11.5. The van der Waals surface area contributed by atoms with Gasteiger partial charge < -0.3 is 10.6 Å². The van der Waals surface area contributed by atoms with Gasteiger partial charge in [-0.2, -0.15) is 0 Å². The molecule has 0 atom stereocenters. The number of nitrogens with one attached hydrogen (secondary N) is 2. The van der Waals surface area contributed by atoms with Gasteiger partial charge in [-0.25, -0.2) is 12.8 Å². The van der Waals surface area contributed by atoms with Gasteiger partial charge in [0.15, 0.2) is 9.84 Å². The van der Waals surface area contributed by atoms with Crippen LogP contribution in [0.15, 0.2) is 53.4 Å². The maximum Gasteiger partial charge on any atom is 0.243 e. The summed E-state index contributed by atoms with van der Waals surface area (Å²) in [5, 5.41) is 4.63. The SMILES string of the molecule is O=C(CCS(=O)(=O)c1ccccc1)NCC(=O)Nc1ccc(F)c(Cl)c1. The number of carbonyl (C=O) groups is 2. The zero-order valence-corrected chi connectivity index (χ0v) is 15.1. The minimum atomic E-state index is -3.56. The third-order valence-corrected chi connectivity index (χ3v) is 5.37. The van der Waals surface area contributed by atoms with Gasteiger partial charge in [-0.3, -0.25) is 9.59 Å². The van der Waals surface area contributed by atoms with Gasteiger partial charge in [0, 0.05) is 12.1 Å². The van der Waals surface area contributed by atoms with Crippen LogP contribution in [0.3, 0.4) is 0 Å². The normalized spacial score (nSPS) is 11.0. The lowest BCUT2D eigenvalue weighted by Gasteiger charge is -2.08. The van der Waals surface area contributed by atoms with Crippen molar-refractivity contribution in [1.29, 1.82) is 0 Å². The maximum absolute atomic E-state index is 13.0. The van der Waals surface area contributed by atoms with Crippen molar-refractivity contribution in [3.8, 4) is 0 Å². The number of halogens is 2. The molecule has 26 heavy (non-hydrogen) atoms. The predicted octanol–water partition coefficient (Wildman–Crippen LogP) is 2.40. The zero-order chi connectivity index (χ0) is 19.2. The summed E-state index contributed by atoms with van der Waals surface area (Å²) in [5.41, 5.74) is 0.280. The summed E-state index contributed by atoms with van der Waals surface area (Å²) in [6.45, 7) is -0.348. The van der Waals surface area contributed by atoms with Gasteiger partial charge in [0.25, 0.3) is 0 Å². The van der Waals surface area contributed by atoms with E-state index in [0.29, 0.717) is 0 Å². The molecule has 138 valence electrons. The first-order valence-electron chi connectivity index (χ1n) is 7.57. The molecule has 0 unspecified atom stereocenters. The summed E-state index contributed by atoms with van der Waals surface area (Å²) < 4.78 is 37.2. The van der Waals surface area contributed by atoms with Gasteiger partial charge in [0.2, 0.25) is 11.8 Å². The van der Waals surface area contributed by atoms with Crippen molar-refractivity contribution in [3.05, 3.63) is 59.4 Å². The van der Waals surface area contributed by atoms with Gasteiger partial charge in [0.1, 0.15) is 5.82 Å². The quantitative estimate of drug-likeness (QED) is 0.749. The topological polar surface area (TPSA) is 92.3 Å². The largest absolute Gasteiger partial charge is 0.347 e. The van der Waals surface area contributed by atoms with E-state index in [1.165, 1.54) is 24.3 Å². The number of rotatable bonds is 7. The molecule has 2 rings (SSSR count). The number of hydrogen-bond acceptors (Lipinski definition) is 4. The second-order valence-electron chi connectivity index (χ2n) is 5.34. The van der Waals surface area contributed by atoms with Crippen LogP contribution in [0.2, 0.25) is 5.02 Å². The van der Waals surface area contributed by atoms with Crippen LogP contribution in [0.1, 0.15) is 6.42 Å². The van der Waals surface area contributed by atoms with Gasteiger partial charge in [-0.15, -0.1) is 0 Å². The van der Waals surface area contributed by atoms with Crippen molar-refractivity contribution in [2.24, 2.45) is 0 Å². The molecular weight excluding hydrogens is 383 g/mol. The van der Waals surface area contributed by atoms with E-state index in [1.807, 2.05) is 0 Å². The van der Waals surface area contributed by atoms with Crippen LogP contribution >= 0.6 is 11.6 Å².